The van der Waals surface area contributed by atoms with Crippen LogP contribution >= 0.6 is 0 Å². The van der Waals surface area contributed by atoms with Crippen LogP contribution in [0.15, 0.2) is 24.3 Å². The topological polar surface area (TPSA) is 78.9 Å². The van der Waals surface area contributed by atoms with Crippen molar-refractivity contribution in [3.8, 4) is 5.75 Å². The van der Waals surface area contributed by atoms with Crippen molar-refractivity contribution in [2.45, 2.75) is 25.5 Å². The van der Waals surface area contributed by atoms with Crippen molar-refractivity contribution in [3.63, 3.8) is 0 Å². The van der Waals surface area contributed by atoms with E-state index in [4.69, 9.17) is 4.74 Å². The van der Waals surface area contributed by atoms with Crippen molar-refractivity contribution < 1.29 is 23.8 Å². The fourth-order valence-electron chi connectivity index (χ4n) is 2.00. The summed E-state index contributed by atoms with van der Waals surface area (Å²) in [6.07, 6.45) is -1.06. The van der Waals surface area contributed by atoms with E-state index in [1.165, 1.54) is 18.2 Å². The predicted octanol–water partition coefficient (Wildman–Crippen LogP) is 0.896. The lowest BCUT2D eigenvalue weighted by molar-refractivity contribution is -0.131. The summed E-state index contributed by atoms with van der Waals surface area (Å²) < 4.78 is 18.2. The van der Waals surface area contributed by atoms with Crippen LogP contribution < -0.4 is 10.1 Å². The molecule has 1 fully saturated rings. The van der Waals surface area contributed by atoms with Crippen LogP contribution in [-0.4, -0.2) is 46.7 Å². The molecule has 7 heteroatoms. The number of aliphatic hydroxyl groups is 1. The Morgan fingerprint density at radius 1 is 1.43 bits per heavy atom. The molecule has 0 aromatic heterocycles. The molecule has 21 heavy (non-hydrogen) atoms. The van der Waals surface area contributed by atoms with Crippen LogP contribution in [0.2, 0.25) is 0 Å². The van der Waals surface area contributed by atoms with Crippen LogP contribution in [0, 0.1) is 5.82 Å². The number of carbonyl (C=O) groups excluding carboxylic acids is 2. The number of nitrogens with one attached hydrogen (secondary N) is 1. The Kier molecular flexibility index (Phi) is 4.13. The van der Waals surface area contributed by atoms with E-state index in [1.807, 2.05) is 0 Å². The number of imide groups is 1. The molecule has 0 unspecified atom stereocenters. The highest BCUT2D eigenvalue weighted by atomic mass is 19.1. The van der Waals surface area contributed by atoms with Gasteiger partial charge < -0.3 is 15.2 Å². The van der Waals surface area contributed by atoms with E-state index in [-0.39, 0.29) is 18.9 Å². The molecule has 1 saturated heterocycles. The molecule has 1 aromatic carbocycles. The third kappa shape index (κ3) is 3.49. The van der Waals surface area contributed by atoms with Crippen molar-refractivity contribution in [2.75, 3.05) is 13.2 Å². The van der Waals surface area contributed by atoms with Gasteiger partial charge in [-0.1, -0.05) is 6.07 Å². The molecule has 1 aliphatic rings. The minimum atomic E-state index is -1.06. The number of halogens is 1. The summed E-state index contributed by atoms with van der Waals surface area (Å²) in [5, 5.41) is 12.4. The summed E-state index contributed by atoms with van der Waals surface area (Å²) >= 11 is 0. The SMILES string of the molecule is CC1(C)NC(=O)N(C[C@H](O)COc2cccc(F)c2)C1=O. The lowest BCUT2D eigenvalue weighted by Gasteiger charge is -2.19. The van der Waals surface area contributed by atoms with Crippen LogP contribution in [-0.2, 0) is 4.79 Å². The van der Waals surface area contributed by atoms with Gasteiger partial charge in [-0.05, 0) is 26.0 Å². The first-order valence-corrected chi connectivity index (χ1v) is 6.50. The number of hydrogen-bond acceptors (Lipinski definition) is 4. The van der Waals surface area contributed by atoms with Gasteiger partial charge in [0, 0.05) is 6.07 Å². The van der Waals surface area contributed by atoms with E-state index in [0.717, 1.165) is 4.90 Å². The van der Waals surface area contributed by atoms with Gasteiger partial charge in [0.25, 0.3) is 5.91 Å². The van der Waals surface area contributed by atoms with Crippen molar-refractivity contribution >= 4 is 11.9 Å². The van der Waals surface area contributed by atoms with Gasteiger partial charge in [-0.3, -0.25) is 9.69 Å². The number of benzene rings is 1. The smallest absolute Gasteiger partial charge is 0.325 e. The second kappa shape index (κ2) is 5.69. The number of carbonyl (C=O) groups is 2. The van der Waals surface area contributed by atoms with Gasteiger partial charge >= 0.3 is 6.03 Å². The fraction of sp³-hybridized carbons (Fsp3) is 0.429. The first-order chi connectivity index (χ1) is 9.79. The second-order valence-electron chi connectivity index (χ2n) is 5.39. The lowest BCUT2D eigenvalue weighted by Crippen LogP contribution is -2.42. The molecule has 6 nitrogen and oxygen atoms in total. The maximum absolute atomic E-state index is 13.0. The van der Waals surface area contributed by atoms with Crippen LogP contribution in [0.25, 0.3) is 0 Å². The third-order valence-electron chi connectivity index (χ3n) is 3.08. The molecule has 0 spiro atoms. The summed E-state index contributed by atoms with van der Waals surface area (Å²) in [6.45, 7) is 2.84. The molecule has 1 heterocycles. The van der Waals surface area contributed by atoms with Crippen molar-refractivity contribution in [2.24, 2.45) is 0 Å². The van der Waals surface area contributed by atoms with Gasteiger partial charge in [0.1, 0.15) is 29.8 Å². The fourth-order valence-corrected chi connectivity index (χ4v) is 2.00. The highest BCUT2D eigenvalue weighted by Gasteiger charge is 2.44. The molecule has 1 aromatic rings. The number of nitrogens with zero attached hydrogens (tertiary/aromatic N) is 1. The quantitative estimate of drug-likeness (QED) is 0.791. The van der Waals surface area contributed by atoms with Gasteiger partial charge in [-0.25, -0.2) is 9.18 Å². The summed E-state index contributed by atoms with van der Waals surface area (Å²) in [4.78, 5) is 24.5. The van der Waals surface area contributed by atoms with Crippen molar-refractivity contribution in [1.82, 2.24) is 10.2 Å². The van der Waals surface area contributed by atoms with Gasteiger partial charge in [0.15, 0.2) is 0 Å². The van der Waals surface area contributed by atoms with E-state index in [9.17, 15) is 19.1 Å². The highest BCUT2D eigenvalue weighted by Crippen LogP contribution is 2.17. The summed E-state index contributed by atoms with van der Waals surface area (Å²) in [5.41, 5.74) is -0.972. The maximum atomic E-state index is 13.0. The molecule has 114 valence electrons. The van der Waals surface area contributed by atoms with E-state index in [2.05, 4.69) is 5.32 Å². The molecule has 0 radical (unpaired) electrons. The zero-order valence-corrected chi connectivity index (χ0v) is 11.8. The van der Waals surface area contributed by atoms with Crippen molar-refractivity contribution in [3.05, 3.63) is 30.1 Å². The molecule has 2 rings (SSSR count). The lowest BCUT2D eigenvalue weighted by atomic mass is 10.1. The molecule has 1 atom stereocenters. The minimum absolute atomic E-state index is 0.152. The number of aliphatic hydroxyl groups excluding tert-OH is 1. The van der Waals surface area contributed by atoms with E-state index >= 15 is 0 Å². The zero-order valence-electron chi connectivity index (χ0n) is 11.8. The Bertz CT molecular complexity index is 562. The van der Waals surface area contributed by atoms with Crippen LogP contribution in [0.1, 0.15) is 13.8 Å². The maximum Gasteiger partial charge on any atom is 0.325 e. The third-order valence-corrected chi connectivity index (χ3v) is 3.08. The number of urea groups is 1. The number of rotatable bonds is 5. The molecular weight excluding hydrogens is 279 g/mol. The van der Waals surface area contributed by atoms with Gasteiger partial charge in [0.2, 0.25) is 0 Å². The van der Waals surface area contributed by atoms with Crippen LogP contribution in [0.3, 0.4) is 0 Å². The monoisotopic (exact) mass is 296 g/mol. The molecule has 0 aliphatic carbocycles. The Morgan fingerprint density at radius 2 is 2.14 bits per heavy atom. The number of hydrogen-bond donors (Lipinski definition) is 2. The van der Waals surface area contributed by atoms with Crippen LogP contribution in [0.5, 0.6) is 5.75 Å². The minimum Gasteiger partial charge on any atom is -0.491 e. The van der Waals surface area contributed by atoms with Gasteiger partial charge in [-0.15, -0.1) is 0 Å². The Hall–Kier alpha value is -2.15. The molecular formula is C14H17FN2O4. The van der Waals surface area contributed by atoms with E-state index in [0.29, 0.717) is 0 Å². The van der Waals surface area contributed by atoms with E-state index < -0.39 is 29.4 Å². The number of amides is 3. The number of ether oxygens (including phenoxy) is 1. The summed E-state index contributed by atoms with van der Waals surface area (Å²) in [6, 6.07) is 4.95. The molecule has 2 N–H and O–H groups in total. The Balaban J connectivity index is 1.89. The molecule has 0 bridgehead atoms. The molecule has 3 amide bonds. The average Bonchev–Trinajstić information content (AvgIpc) is 2.59. The highest BCUT2D eigenvalue weighted by molar-refractivity contribution is 6.06. The normalized spacial score (nSPS) is 18.6. The first kappa shape index (κ1) is 15.2. The Morgan fingerprint density at radius 3 is 2.71 bits per heavy atom. The average molecular weight is 296 g/mol. The molecule has 1 aliphatic heterocycles. The largest absolute Gasteiger partial charge is 0.491 e. The predicted molar refractivity (Wildman–Crippen MR) is 72.2 cm³/mol. The first-order valence-electron chi connectivity index (χ1n) is 6.50. The molecule has 0 saturated carbocycles. The zero-order chi connectivity index (χ0) is 15.6. The summed E-state index contributed by atoms with van der Waals surface area (Å²) in [7, 11) is 0. The summed E-state index contributed by atoms with van der Waals surface area (Å²) in [5.74, 6) is -0.582. The van der Waals surface area contributed by atoms with Crippen LogP contribution in [0.4, 0.5) is 9.18 Å². The van der Waals surface area contributed by atoms with Gasteiger partial charge in [0.05, 0.1) is 6.54 Å². The second-order valence-corrected chi connectivity index (χ2v) is 5.39. The van der Waals surface area contributed by atoms with E-state index in [1.54, 1.807) is 19.9 Å². The van der Waals surface area contributed by atoms with Gasteiger partial charge in [-0.2, -0.15) is 0 Å². The Labute approximate surface area is 121 Å². The standard InChI is InChI=1S/C14H17FN2O4/c1-14(2)12(19)17(13(20)16-14)7-10(18)8-21-11-5-3-4-9(15)6-11/h3-6,10,18H,7-8H2,1-2H3,(H,16,20)/t10-/m0/s1. The number of β-amino-alcohol motifs (C(OH)–C–C–N with tert-alkyl or cyclic N) is 1. The van der Waals surface area contributed by atoms with Crippen molar-refractivity contribution in [1.29, 1.82) is 0 Å².